The number of carbonyl (C=O) groups is 3. The number of anilines is 1. The van der Waals surface area contributed by atoms with Crippen molar-refractivity contribution in [2.75, 3.05) is 18.4 Å². The van der Waals surface area contributed by atoms with Crippen LogP contribution in [0.2, 0.25) is 0 Å². The fraction of sp³-hybridized carbons (Fsp3) is 0.474. The number of carboxylic acid groups (broad SMARTS) is 1. The van der Waals surface area contributed by atoms with Gasteiger partial charge < -0.3 is 10.4 Å². The highest BCUT2D eigenvalue weighted by atomic mass is 16.4. The van der Waals surface area contributed by atoms with E-state index in [0.29, 0.717) is 31.1 Å². The average Bonchev–Trinajstić information content (AvgIpc) is 2.61. The first-order valence-electron chi connectivity index (χ1n) is 9.01. The SMILES string of the molecule is CCN1C(=O)C(Nc2cccnc2)=C(C(C)=O)C(C(=O)O)N1CCC(C)C. The molecule has 0 aliphatic carbocycles. The zero-order chi connectivity index (χ0) is 20.1. The van der Waals surface area contributed by atoms with Crippen LogP contribution in [0.1, 0.15) is 34.1 Å². The van der Waals surface area contributed by atoms with Crippen molar-refractivity contribution in [3.63, 3.8) is 0 Å². The van der Waals surface area contributed by atoms with Gasteiger partial charge in [0.2, 0.25) is 0 Å². The van der Waals surface area contributed by atoms with E-state index in [1.807, 2.05) is 13.8 Å². The monoisotopic (exact) mass is 374 g/mol. The number of ketones is 1. The van der Waals surface area contributed by atoms with Crippen LogP contribution in [0.5, 0.6) is 0 Å². The minimum atomic E-state index is -1.22. The minimum Gasteiger partial charge on any atom is -0.480 e. The normalized spacial score (nSPS) is 18.2. The van der Waals surface area contributed by atoms with Gasteiger partial charge in [0.15, 0.2) is 11.8 Å². The molecule has 8 nitrogen and oxygen atoms in total. The van der Waals surface area contributed by atoms with E-state index < -0.39 is 23.7 Å². The van der Waals surface area contributed by atoms with Crippen molar-refractivity contribution in [3.05, 3.63) is 35.8 Å². The Labute approximate surface area is 158 Å². The molecule has 2 N–H and O–H groups in total. The van der Waals surface area contributed by atoms with Crippen molar-refractivity contribution in [3.8, 4) is 0 Å². The number of carbonyl (C=O) groups excluding carboxylic acids is 2. The Kier molecular flexibility index (Phi) is 6.68. The zero-order valence-corrected chi connectivity index (χ0v) is 16.1. The van der Waals surface area contributed by atoms with Crippen LogP contribution >= 0.6 is 0 Å². The first kappa shape index (κ1) is 20.6. The topological polar surface area (TPSA) is 103 Å². The molecule has 1 aliphatic heterocycles. The molecule has 1 aliphatic rings. The Morgan fingerprint density at radius 2 is 2.07 bits per heavy atom. The summed E-state index contributed by atoms with van der Waals surface area (Å²) in [5.41, 5.74) is 0.464. The molecule has 1 amide bonds. The Balaban J connectivity index is 2.57. The van der Waals surface area contributed by atoms with Crippen molar-refractivity contribution >= 4 is 23.3 Å². The van der Waals surface area contributed by atoms with Crippen molar-refractivity contribution in [1.29, 1.82) is 0 Å². The quantitative estimate of drug-likeness (QED) is 0.716. The fourth-order valence-corrected chi connectivity index (χ4v) is 3.07. The molecule has 1 unspecified atom stereocenters. The van der Waals surface area contributed by atoms with Crippen LogP contribution < -0.4 is 5.32 Å². The molecule has 0 bridgehead atoms. The first-order chi connectivity index (χ1) is 12.8. The lowest BCUT2D eigenvalue weighted by Gasteiger charge is -2.43. The maximum absolute atomic E-state index is 13.1. The summed E-state index contributed by atoms with van der Waals surface area (Å²) in [6.45, 7) is 7.77. The van der Waals surface area contributed by atoms with Gasteiger partial charge >= 0.3 is 5.97 Å². The number of hydrogen-bond acceptors (Lipinski definition) is 6. The van der Waals surface area contributed by atoms with Crippen LogP contribution in [-0.2, 0) is 14.4 Å². The van der Waals surface area contributed by atoms with Gasteiger partial charge in [0.1, 0.15) is 5.70 Å². The van der Waals surface area contributed by atoms with Gasteiger partial charge in [-0.3, -0.25) is 24.4 Å². The lowest BCUT2D eigenvalue weighted by atomic mass is 9.96. The lowest BCUT2D eigenvalue weighted by molar-refractivity contribution is -0.163. The van der Waals surface area contributed by atoms with E-state index in [4.69, 9.17) is 0 Å². The summed E-state index contributed by atoms with van der Waals surface area (Å²) in [5, 5.41) is 15.7. The van der Waals surface area contributed by atoms with Crippen molar-refractivity contribution < 1.29 is 19.5 Å². The molecule has 27 heavy (non-hydrogen) atoms. The zero-order valence-electron chi connectivity index (χ0n) is 16.1. The van der Waals surface area contributed by atoms with E-state index in [1.54, 1.807) is 25.3 Å². The van der Waals surface area contributed by atoms with Crippen molar-refractivity contribution in [2.45, 2.75) is 40.2 Å². The van der Waals surface area contributed by atoms with Crippen molar-refractivity contribution in [2.24, 2.45) is 5.92 Å². The van der Waals surface area contributed by atoms with E-state index >= 15 is 0 Å². The summed E-state index contributed by atoms with van der Waals surface area (Å²) in [6, 6.07) is 2.16. The summed E-state index contributed by atoms with van der Waals surface area (Å²) in [5.74, 6) is -1.71. The number of hydrogen-bond donors (Lipinski definition) is 2. The molecule has 0 aromatic carbocycles. The number of likely N-dealkylation sites (N-methyl/N-ethyl adjacent to an activating group) is 1. The highest BCUT2D eigenvalue weighted by molar-refractivity contribution is 6.11. The van der Waals surface area contributed by atoms with Gasteiger partial charge in [-0.25, -0.2) is 0 Å². The molecule has 2 heterocycles. The molecule has 1 atom stereocenters. The second-order valence-electron chi connectivity index (χ2n) is 6.82. The molecule has 2 rings (SSSR count). The number of carboxylic acids is 1. The molecule has 0 fully saturated rings. The summed E-state index contributed by atoms with van der Waals surface area (Å²) in [7, 11) is 0. The van der Waals surface area contributed by atoms with Gasteiger partial charge in [-0.1, -0.05) is 13.8 Å². The molecule has 0 saturated heterocycles. The molecule has 1 aromatic heterocycles. The predicted molar refractivity (Wildman–Crippen MR) is 101 cm³/mol. The third kappa shape index (κ3) is 4.51. The molecular formula is C19H26N4O4. The number of hydrazine groups is 1. The highest BCUT2D eigenvalue weighted by Gasteiger charge is 2.44. The molecule has 146 valence electrons. The minimum absolute atomic E-state index is 0.00875. The van der Waals surface area contributed by atoms with Gasteiger partial charge in [0.25, 0.3) is 5.91 Å². The van der Waals surface area contributed by atoms with Gasteiger partial charge in [0, 0.05) is 19.3 Å². The number of pyridine rings is 1. The number of aromatic nitrogens is 1. The molecule has 1 aromatic rings. The number of Topliss-reactive ketones (excluding diaryl/α,β-unsaturated/α-hetero) is 1. The van der Waals surface area contributed by atoms with E-state index in [1.165, 1.54) is 23.1 Å². The molecule has 0 saturated carbocycles. The van der Waals surface area contributed by atoms with E-state index in [2.05, 4.69) is 10.3 Å². The number of rotatable bonds is 8. The smallest absolute Gasteiger partial charge is 0.327 e. The van der Waals surface area contributed by atoms with Gasteiger partial charge in [-0.15, -0.1) is 0 Å². The fourth-order valence-electron chi connectivity index (χ4n) is 3.07. The van der Waals surface area contributed by atoms with Crippen LogP contribution in [-0.4, -0.2) is 56.9 Å². The van der Waals surface area contributed by atoms with Crippen LogP contribution in [0.15, 0.2) is 35.8 Å². The Morgan fingerprint density at radius 1 is 1.37 bits per heavy atom. The number of nitrogens with zero attached hydrogens (tertiary/aromatic N) is 3. The maximum Gasteiger partial charge on any atom is 0.327 e. The van der Waals surface area contributed by atoms with Crippen LogP contribution in [0.25, 0.3) is 0 Å². The standard InChI is InChI=1S/C19H26N4O4/c1-5-22-18(25)16(21-14-7-6-9-20-11-14)15(13(4)24)17(19(26)27)23(22)10-8-12(2)3/h6-7,9,11-12,17,21H,5,8,10H2,1-4H3,(H,26,27). The lowest BCUT2D eigenvalue weighted by Crippen LogP contribution is -2.61. The van der Waals surface area contributed by atoms with Gasteiger partial charge in [0.05, 0.1) is 17.5 Å². The van der Waals surface area contributed by atoms with E-state index in [0.717, 1.165) is 0 Å². The first-order valence-corrected chi connectivity index (χ1v) is 9.01. The Morgan fingerprint density at radius 3 is 2.56 bits per heavy atom. The summed E-state index contributed by atoms with van der Waals surface area (Å²) in [4.78, 5) is 41.5. The summed E-state index contributed by atoms with van der Waals surface area (Å²) in [6.07, 6.45) is 3.79. The summed E-state index contributed by atoms with van der Waals surface area (Å²) < 4.78 is 0. The Bertz CT molecular complexity index is 745. The van der Waals surface area contributed by atoms with Gasteiger partial charge in [-0.2, -0.15) is 5.01 Å². The third-order valence-electron chi connectivity index (χ3n) is 4.38. The van der Waals surface area contributed by atoms with Crippen LogP contribution in [0.4, 0.5) is 5.69 Å². The maximum atomic E-state index is 13.1. The Hall–Kier alpha value is -2.74. The van der Waals surface area contributed by atoms with E-state index in [-0.39, 0.29) is 11.3 Å². The third-order valence-corrected chi connectivity index (χ3v) is 4.38. The molecule has 8 heteroatoms. The number of nitrogens with one attached hydrogen (secondary N) is 1. The highest BCUT2D eigenvalue weighted by Crippen LogP contribution is 2.28. The van der Waals surface area contributed by atoms with E-state index in [9.17, 15) is 19.5 Å². The second-order valence-corrected chi connectivity index (χ2v) is 6.82. The average molecular weight is 374 g/mol. The van der Waals surface area contributed by atoms with Gasteiger partial charge in [-0.05, 0) is 38.3 Å². The van der Waals surface area contributed by atoms with Crippen LogP contribution in [0.3, 0.4) is 0 Å². The predicted octanol–water partition coefficient (Wildman–Crippen LogP) is 1.92. The van der Waals surface area contributed by atoms with Crippen molar-refractivity contribution in [1.82, 2.24) is 15.0 Å². The van der Waals surface area contributed by atoms with Crippen LogP contribution in [0, 0.1) is 5.92 Å². The summed E-state index contributed by atoms with van der Waals surface area (Å²) >= 11 is 0. The molecule has 0 radical (unpaired) electrons. The molecular weight excluding hydrogens is 348 g/mol. The number of aliphatic carboxylic acids is 1. The largest absolute Gasteiger partial charge is 0.480 e. The second kappa shape index (κ2) is 8.77. The molecule has 0 spiro atoms. The number of amides is 1.